The number of rotatable bonds is 8. The Morgan fingerprint density at radius 3 is 2.30 bits per heavy atom. The Labute approximate surface area is 274 Å². The summed E-state index contributed by atoms with van der Waals surface area (Å²) < 4.78 is 5.81. The Morgan fingerprint density at radius 1 is 1.09 bits per heavy atom. The van der Waals surface area contributed by atoms with Gasteiger partial charge in [0.15, 0.2) is 11.4 Å². The quantitative estimate of drug-likeness (QED) is 0.267. The molecule has 0 saturated heterocycles. The molecular formula is C36H45N3O8. The number of nitrogens with zero attached hydrogens (tertiary/aromatic N) is 2. The molecular weight excluding hydrogens is 602 g/mol. The van der Waals surface area contributed by atoms with Gasteiger partial charge in [-0.25, -0.2) is 0 Å². The fourth-order valence-corrected chi connectivity index (χ4v) is 7.69. The fourth-order valence-electron chi connectivity index (χ4n) is 7.69. The lowest BCUT2D eigenvalue weighted by Gasteiger charge is -2.50. The molecule has 2 aromatic carbocycles. The zero-order chi connectivity index (χ0) is 34.9. The lowest BCUT2D eigenvalue weighted by molar-refractivity contribution is -0.153. The van der Waals surface area contributed by atoms with Crippen molar-refractivity contribution in [3.05, 3.63) is 63.4 Å². The largest absolute Gasteiger partial charge is 0.508 e. The highest BCUT2D eigenvalue weighted by atomic mass is 16.5. The Kier molecular flexibility index (Phi) is 8.58. The molecule has 11 nitrogen and oxygen atoms in total. The highest BCUT2D eigenvalue weighted by molar-refractivity contribution is 6.24. The number of carbonyl (C=O) groups is 3. The molecule has 6 N–H and O–H groups in total. The van der Waals surface area contributed by atoms with E-state index in [4.69, 9.17) is 10.5 Å². The summed E-state index contributed by atoms with van der Waals surface area (Å²) in [6, 6.07) is 6.65. The number of fused-ring (bicyclic) bond motifs is 3. The predicted molar refractivity (Wildman–Crippen MR) is 177 cm³/mol. The van der Waals surface area contributed by atoms with Crippen LogP contribution in [0.2, 0.25) is 0 Å². The fraction of sp³-hybridized carbons (Fsp3) is 0.472. The average molecular weight is 648 g/mol. The number of nitrogens with two attached hydrogens (primary N) is 1. The molecule has 0 bridgehead atoms. The number of methoxy groups -OCH3 is 1. The molecule has 252 valence electrons. The van der Waals surface area contributed by atoms with Gasteiger partial charge in [-0.15, -0.1) is 0 Å². The van der Waals surface area contributed by atoms with Gasteiger partial charge >= 0.3 is 0 Å². The average Bonchev–Trinajstić information content (AvgIpc) is 2.98. The van der Waals surface area contributed by atoms with Crippen LogP contribution in [0.15, 0.2) is 41.2 Å². The van der Waals surface area contributed by atoms with Gasteiger partial charge in [-0.1, -0.05) is 26.8 Å². The van der Waals surface area contributed by atoms with Crippen LogP contribution in [0.25, 0.3) is 16.9 Å². The minimum absolute atomic E-state index is 0.00592. The number of aromatic hydroxyl groups is 1. The minimum Gasteiger partial charge on any atom is -0.508 e. The van der Waals surface area contributed by atoms with E-state index in [1.165, 1.54) is 4.90 Å². The number of aliphatic hydroxyl groups excluding tert-OH is 2. The number of likely N-dealkylation sites (N-methyl/N-ethyl adjacent to an activating group) is 1. The van der Waals surface area contributed by atoms with Crippen molar-refractivity contribution in [2.45, 2.75) is 63.6 Å². The molecule has 47 heavy (non-hydrogen) atoms. The lowest BCUT2D eigenvalue weighted by atomic mass is 9.57. The van der Waals surface area contributed by atoms with E-state index in [0.717, 1.165) is 11.1 Å². The van der Waals surface area contributed by atoms with Gasteiger partial charge < -0.3 is 35.8 Å². The topological polar surface area (TPSA) is 174 Å². The Bertz CT molecular complexity index is 1750. The van der Waals surface area contributed by atoms with E-state index < -0.39 is 63.5 Å². The first-order chi connectivity index (χ1) is 21.9. The Hall–Kier alpha value is -4.19. The van der Waals surface area contributed by atoms with Crippen LogP contribution in [0.3, 0.4) is 0 Å². The summed E-state index contributed by atoms with van der Waals surface area (Å²) in [6.45, 7) is 6.59. The Balaban J connectivity index is 1.84. The number of hydrogen-bond donors (Lipinski definition) is 5. The summed E-state index contributed by atoms with van der Waals surface area (Å²) in [5.74, 6) is -6.18. The first-order valence-corrected chi connectivity index (χ1v) is 15.8. The summed E-state index contributed by atoms with van der Waals surface area (Å²) >= 11 is 0. The molecule has 0 radical (unpaired) electrons. The molecule has 0 aromatic heterocycles. The van der Waals surface area contributed by atoms with Gasteiger partial charge in [0, 0.05) is 29.2 Å². The molecule has 1 fully saturated rings. The number of phenolic OH excluding ortho intramolecular Hbond substituents is 1. The number of hydrogen-bond acceptors (Lipinski definition) is 10. The number of primary amides is 1. The zero-order valence-corrected chi connectivity index (χ0v) is 28.3. The van der Waals surface area contributed by atoms with E-state index in [1.54, 1.807) is 21.2 Å². The van der Waals surface area contributed by atoms with Gasteiger partial charge in [0.05, 0.1) is 18.7 Å². The Morgan fingerprint density at radius 2 is 1.74 bits per heavy atom. The van der Waals surface area contributed by atoms with Crippen molar-refractivity contribution in [1.29, 1.82) is 0 Å². The summed E-state index contributed by atoms with van der Waals surface area (Å²) in [5.41, 5.74) is 4.86. The highest BCUT2D eigenvalue weighted by Crippen LogP contribution is 2.55. The van der Waals surface area contributed by atoms with Crippen molar-refractivity contribution in [1.82, 2.24) is 9.80 Å². The van der Waals surface area contributed by atoms with Crippen LogP contribution in [0.4, 0.5) is 0 Å². The van der Waals surface area contributed by atoms with E-state index in [-0.39, 0.29) is 29.7 Å². The monoisotopic (exact) mass is 647 g/mol. The van der Waals surface area contributed by atoms with Crippen LogP contribution in [-0.2, 0) is 32.8 Å². The number of aliphatic hydroxyl groups is 3. The number of benzene rings is 2. The molecule has 5 rings (SSSR count). The molecule has 0 spiro atoms. The number of ketones is 2. The number of ether oxygens (including phenoxy) is 1. The first kappa shape index (κ1) is 34.2. The second kappa shape index (κ2) is 11.8. The number of carbonyl (C=O) groups excluding carboxylic acids is 3. The maximum Gasteiger partial charge on any atom is 0.255 e. The third-order valence-electron chi connectivity index (χ3n) is 10.4. The second-order valence-electron chi connectivity index (χ2n) is 14.1. The van der Waals surface area contributed by atoms with E-state index in [2.05, 4.69) is 0 Å². The molecule has 4 atom stereocenters. The van der Waals surface area contributed by atoms with Crippen LogP contribution in [-0.4, -0.2) is 94.6 Å². The van der Waals surface area contributed by atoms with Crippen molar-refractivity contribution in [2.24, 2.45) is 17.6 Å². The van der Waals surface area contributed by atoms with Crippen LogP contribution >= 0.6 is 0 Å². The smallest absolute Gasteiger partial charge is 0.255 e. The third-order valence-corrected chi connectivity index (χ3v) is 10.4. The van der Waals surface area contributed by atoms with Crippen LogP contribution < -0.4 is 10.5 Å². The molecule has 3 aliphatic rings. The second-order valence-corrected chi connectivity index (χ2v) is 14.1. The number of Topliss-reactive ketones (excluding diaryl/α,β-unsaturated/α-hetero) is 2. The van der Waals surface area contributed by atoms with Crippen molar-refractivity contribution in [3.8, 4) is 22.6 Å². The summed E-state index contributed by atoms with van der Waals surface area (Å²) in [4.78, 5) is 43.7. The first-order valence-electron chi connectivity index (χ1n) is 15.8. The predicted octanol–water partition coefficient (Wildman–Crippen LogP) is 3.39. The van der Waals surface area contributed by atoms with Gasteiger partial charge in [-0.2, -0.15) is 0 Å². The molecule has 1 amide bonds. The van der Waals surface area contributed by atoms with Gasteiger partial charge in [0.2, 0.25) is 5.78 Å². The van der Waals surface area contributed by atoms with Crippen molar-refractivity contribution in [3.63, 3.8) is 0 Å². The third kappa shape index (κ3) is 5.12. The summed E-state index contributed by atoms with van der Waals surface area (Å²) in [5, 5.41) is 47.1. The molecule has 2 aromatic rings. The van der Waals surface area contributed by atoms with Gasteiger partial charge in [0.1, 0.15) is 28.6 Å². The van der Waals surface area contributed by atoms with E-state index in [0.29, 0.717) is 35.4 Å². The van der Waals surface area contributed by atoms with Crippen LogP contribution in [0.1, 0.15) is 55.9 Å². The zero-order valence-electron chi connectivity index (χ0n) is 28.3. The molecule has 0 aliphatic heterocycles. The minimum atomic E-state index is -2.70. The SMILES string of the molecule is CCC(C)(C)c1cc(-c2cc(CN(C)C)ccc2OC)c2c(c1O)C(O)=C1C(=O)[C@]3(O)C(O)=C(C(N)=O)C(=O)[C@@H](N(C)C)[C@@H]3C[C@@H]1C2. The van der Waals surface area contributed by atoms with Crippen LogP contribution in [0.5, 0.6) is 11.5 Å². The van der Waals surface area contributed by atoms with E-state index in [1.807, 2.05) is 64.0 Å². The molecule has 0 heterocycles. The molecule has 11 heteroatoms. The van der Waals surface area contributed by atoms with E-state index >= 15 is 0 Å². The van der Waals surface area contributed by atoms with Gasteiger partial charge in [-0.3, -0.25) is 19.3 Å². The standard InChI is InChI=1S/C36H45N3O8/c1-9-35(2,3)23-15-19(20-12-17(16-38(4)5)10-11-24(20)47-8)21-13-18-14-22-28(39(6)7)31(42)27(34(37)45)33(44)36(22,46)32(43)25(18)30(41)26(21)29(23)40/h10-12,15,18,22,28,40-41,44,46H,9,13-14,16H2,1-8H3,(H2,37,45)/t18-,22-,28-,36-/m0/s1. The molecule has 0 unspecified atom stereocenters. The van der Waals surface area contributed by atoms with Gasteiger partial charge in [-0.05, 0) is 93.7 Å². The van der Waals surface area contributed by atoms with E-state index in [9.17, 15) is 34.8 Å². The summed E-state index contributed by atoms with van der Waals surface area (Å²) in [7, 11) is 8.67. The lowest BCUT2D eigenvalue weighted by Crippen LogP contribution is -2.65. The van der Waals surface area contributed by atoms with Gasteiger partial charge in [0.25, 0.3) is 5.91 Å². The number of amides is 1. The molecule has 3 aliphatic carbocycles. The number of phenols is 1. The maximum atomic E-state index is 14.4. The van der Waals surface area contributed by atoms with Crippen molar-refractivity contribution in [2.75, 3.05) is 35.3 Å². The summed E-state index contributed by atoms with van der Waals surface area (Å²) in [6.07, 6.45) is 0.822. The molecule has 1 saturated carbocycles. The highest BCUT2D eigenvalue weighted by Gasteiger charge is 2.64. The normalized spacial score (nSPS) is 24.4. The maximum absolute atomic E-state index is 14.4. The van der Waals surface area contributed by atoms with Crippen LogP contribution in [0, 0.1) is 11.8 Å². The van der Waals surface area contributed by atoms with Crippen molar-refractivity contribution < 1.29 is 39.5 Å². The van der Waals surface area contributed by atoms with Crippen molar-refractivity contribution >= 4 is 23.2 Å².